The first kappa shape index (κ1) is 26.9. The Bertz CT molecular complexity index is 923. The second-order valence-corrected chi connectivity index (χ2v) is 9.55. The first-order valence-corrected chi connectivity index (χ1v) is 12.2. The molecule has 1 aromatic carbocycles. The molecule has 12 heteroatoms. The molecule has 0 spiro atoms. The second kappa shape index (κ2) is 11.1. The summed E-state index contributed by atoms with van der Waals surface area (Å²) in [6, 6.07) is 6.41. The van der Waals surface area contributed by atoms with Gasteiger partial charge in [0.05, 0.1) is 30.3 Å². The van der Waals surface area contributed by atoms with Crippen LogP contribution in [0.2, 0.25) is 0 Å². The summed E-state index contributed by atoms with van der Waals surface area (Å²) in [6.07, 6.45) is -5.43. The highest BCUT2D eigenvalue weighted by molar-refractivity contribution is 5.94. The number of carbonyl (C=O) groups excluding carboxylic acids is 2. The maximum Gasteiger partial charge on any atom is 0.251 e. The van der Waals surface area contributed by atoms with Crippen molar-refractivity contribution in [2.75, 3.05) is 20.6 Å². The lowest BCUT2D eigenvalue weighted by molar-refractivity contribution is -0.449. The van der Waals surface area contributed by atoms with Crippen molar-refractivity contribution < 1.29 is 39.1 Å². The summed E-state index contributed by atoms with van der Waals surface area (Å²) in [5.41, 5.74) is 0.493. The Morgan fingerprint density at radius 2 is 1.72 bits per heavy atom. The molecular weight excluding hydrogens is 472 g/mol. The fourth-order valence-electron chi connectivity index (χ4n) is 5.26. The van der Waals surface area contributed by atoms with Gasteiger partial charge in [-0.15, -0.1) is 0 Å². The minimum absolute atomic E-state index is 0.0155. The van der Waals surface area contributed by atoms with Crippen molar-refractivity contribution in [1.29, 1.82) is 0 Å². The molecule has 2 amide bonds. The molecule has 1 aliphatic carbocycles. The van der Waals surface area contributed by atoms with Gasteiger partial charge in [-0.2, -0.15) is 0 Å². The molecule has 1 saturated carbocycles. The van der Waals surface area contributed by atoms with Crippen LogP contribution < -0.4 is 21.3 Å². The van der Waals surface area contributed by atoms with Crippen molar-refractivity contribution in [2.45, 2.75) is 80.5 Å². The van der Waals surface area contributed by atoms with E-state index in [1.54, 1.807) is 45.3 Å². The first-order valence-electron chi connectivity index (χ1n) is 12.2. The molecular formula is C24H36N4O8. The molecule has 7 N–H and O–H groups in total. The van der Waals surface area contributed by atoms with E-state index in [-0.39, 0.29) is 31.4 Å². The van der Waals surface area contributed by atoms with Gasteiger partial charge in [-0.25, -0.2) is 0 Å². The van der Waals surface area contributed by atoms with Crippen LogP contribution in [0.15, 0.2) is 30.3 Å². The van der Waals surface area contributed by atoms with Gasteiger partial charge in [-0.3, -0.25) is 9.59 Å². The standard InChI is InChI=1S/C24H36N4O8/c1-12-11-14(28-15(29)9-10-27-22(32)13-7-5-4-6-8-13)24(33)23(34-12)35-21-19(31)16(25-2)18(30)17(26-3)20(21)36-24/h4-8,12,14,16-21,23,25-26,30-31,33H,9-11H2,1-3H3,(H,27,32)(H,28,29)/t12-,14-,16-,17+,18+,19-,20?,21?,23?,24+/m1/s1. The topological polar surface area (TPSA) is 171 Å². The number of aliphatic hydroxyl groups is 3. The third kappa shape index (κ3) is 5.13. The summed E-state index contributed by atoms with van der Waals surface area (Å²) in [4.78, 5) is 24.9. The maximum atomic E-state index is 12.7. The number of fused-ring (bicyclic) bond motifs is 2. The molecule has 2 saturated heterocycles. The molecule has 3 fully saturated rings. The minimum atomic E-state index is -2.06. The zero-order chi connectivity index (χ0) is 26.0. The van der Waals surface area contributed by atoms with Gasteiger partial charge in [0.2, 0.25) is 18.0 Å². The molecule has 36 heavy (non-hydrogen) atoms. The molecule has 3 aliphatic rings. The number of carbonyl (C=O) groups is 2. The molecule has 0 bridgehead atoms. The smallest absolute Gasteiger partial charge is 0.251 e. The predicted molar refractivity (Wildman–Crippen MR) is 127 cm³/mol. The number of aliphatic hydroxyl groups excluding tert-OH is 2. The van der Waals surface area contributed by atoms with E-state index in [1.165, 1.54) is 0 Å². The van der Waals surface area contributed by atoms with Crippen LogP contribution in [-0.4, -0.2) is 108 Å². The molecule has 200 valence electrons. The lowest BCUT2D eigenvalue weighted by Crippen LogP contribution is -2.79. The second-order valence-electron chi connectivity index (χ2n) is 9.55. The van der Waals surface area contributed by atoms with E-state index in [4.69, 9.17) is 14.2 Å². The first-order chi connectivity index (χ1) is 17.2. The predicted octanol–water partition coefficient (Wildman–Crippen LogP) is -2.19. The Kier molecular flexibility index (Phi) is 8.27. The van der Waals surface area contributed by atoms with Gasteiger partial charge in [0.1, 0.15) is 18.3 Å². The minimum Gasteiger partial charge on any atom is -0.390 e. The van der Waals surface area contributed by atoms with Gasteiger partial charge in [0.15, 0.2) is 0 Å². The van der Waals surface area contributed by atoms with Gasteiger partial charge >= 0.3 is 0 Å². The fraction of sp³-hybridized carbons (Fsp3) is 0.667. The van der Waals surface area contributed by atoms with Gasteiger partial charge in [0, 0.05) is 18.5 Å². The average Bonchev–Trinajstić information content (AvgIpc) is 2.85. The van der Waals surface area contributed by atoms with Gasteiger partial charge in [-0.1, -0.05) is 18.2 Å². The van der Waals surface area contributed by atoms with Crippen LogP contribution in [0.1, 0.15) is 30.1 Å². The van der Waals surface area contributed by atoms with Crippen LogP contribution in [0.3, 0.4) is 0 Å². The highest BCUT2D eigenvalue weighted by Crippen LogP contribution is 2.41. The average molecular weight is 509 g/mol. The van der Waals surface area contributed by atoms with Crippen LogP contribution in [0.25, 0.3) is 0 Å². The summed E-state index contributed by atoms with van der Waals surface area (Å²) in [7, 11) is 3.26. The number of hydrogen-bond acceptors (Lipinski definition) is 10. The number of amides is 2. The quantitative estimate of drug-likeness (QED) is 0.215. The molecule has 0 aromatic heterocycles. The number of hydrogen-bond donors (Lipinski definition) is 7. The normalized spacial score (nSPS) is 40.0. The van der Waals surface area contributed by atoms with Crippen molar-refractivity contribution in [3.8, 4) is 0 Å². The Balaban J connectivity index is 1.42. The lowest BCUT2D eigenvalue weighted by atomic mass is 9.79. The van der Waals surface area contributed by atoms with Crippen molar-refractivity contribution >= 4 is 11.8 Å². The number of benzene rings is 1. The lowest BCUT2D eigenvalue weighted by Gasteiger charge is -2.58. The highest BCUT2D eigenvalue weighted by Gasteiger charge is 2.63. The maximum absolute atomic E-state index is 12.7. The van der Waals surface area contributed by atoms with Crippen LogP contribution in [0.5, 0.6) is 0 Å². The Hall–Kier alpha value is -2.16. The Labute approximate surface area is 209 Å². The van der Waals surface area contributed by atoms with Crippen LogP contribution in [0, 0.1) is 0 Å². The van der Waals surface area contributed by atoms with Crippen LogP contribution >= 0.6 is 0 Å². The van der Waals surface area contributed by atoms with E-state index < -0.39 is 60.5 Å². The van der Waals surface area contributed by atoms with Gasteiger partial charge in [-0.05, 0) is 39.6 Å². The monoisotopic (exact) mass is 508 g/mol. The summed E-state index contributed by atoms with van der Waals surface area (Å²) < 4.78 is 17.9. The summed E-state index contributed by atoms with van der Waals surface area (Å²) in [5.74, 6) is -2.74. The zero-order valence-corrected chi connectivity index (χ0v) is 20.6. The number of rotatable bonds is 7. The molecule has 2 heterocycles. The summed E-state index contributed by atoms with van der Waals surface area (Å²) in [5, 5.41) is 44.5. The van der Waals surface area contributed by atoms with E-state index in [2.05, 4.69) is 21.3 Å². The molecule has 1 aromatic rings. The van der Waals surface area contributed by atoms with E-state index in [0.717, 1.165) is 0 Å². The Morgan fingerprint density at radius 1 is 1.03 bits per heavy atom. The number of nitrogens with one attached hydrogen (secondary N) is 4. The van der Waals surface area contributed by atoms with Crippen molar-refractivity contribution in [3.63, 3.8) is 0 Å². The summed E-state index contributed by atoms with van der Waals surface area (Å²) >= 11 is 0. The zero-order valence-electron chi connectivity index (χ0n) is 20.6. The van der Waals surface area contributed by atoms with E-state index in [1.807, 2.05) is 6.07 Å². The fourth-order valence-corrected chi connectivity index (χ4v) is 5.26. The van der Waals surface area contributed by atoms with Gasteiger partial charge < -0.3 is 50.8 Å². The van der Waals surface area contributed by atoms with Crippen LogP contribution in [-0.2, 0) is 19.0 Å². The highest BCUT2D eigenvalue weighted by atomic mass is 16.8. The SMILES string of the molecule is CN[C@@H]1[C@H](O)[C@H](NC)C2O[C@]3(O)C(OC2[C@@H]1O)O[C@H](C)C[C@H]3NC(=O)CCNC(=O)c1ccccc1. The molecule has 2 aliphatic heterocycles. The van der Waals surface area contributed by atoms with Gasteiger partial charge in [0.25, 0.3) is 5.91 Å². The van der Waals surface area contributed by atoms with Crippen LogP contribution in [0.4, 0.5) is 0 Å². The molecule has 10 atom stereocenters. The molecule has 12 nitrogen and oxygen atoms in total. The largest absolute Gasteiger partial charge is 0.390 e. The molecule has 4 rings (SSSR count). The van der Waals surface area contributed by atoms with E-state index in [0.29, 0.717) is 5.56 Å². The van der Waals surface area contributed by atoms with Crippen molar-refractivity contribution in [2.24, 2.45) is 0 Å². The Morgan fingerprint density at radius 3 is 2.39 bits per heavy atom. The van der Waals surface area contributed by atoms with Crippen molar-refractivity contribution in [3.05, 3.63) is 35.9 Å². The third-order valence-electron chi connectivity index (χ3n) is 7.16. The van der Waals surface area contributed by atoms with E-state index in [9.17, 15) is 24.9 Å². The van der Waals surface area contributed by atoms with Crippen molar-refractivity contribution in [1.82, 2.24) is 21.3 Å². The third-order valence-corrected chi connectivity index (χ3v) is 7.16. The number of ether oxygens (including phenoxy) is 3. The number of likely N-dealkylation sites (N-methyl/N-ethyl adjacent to an activating group) is 2. The van der Waals surface area contributed by atoms with E-state index >= 15 is 0 Å². The molecule has 0 radical (unpaired) electrons. The molecule has 3 unspecified atom stereocenters. The summed E-state index contributed by atoms with van der Waals surface area (Å²) in [6.45, 7) is 1.88.